The lowest BCUT2D eigenvalue weighted by Gasteiger charge is -2.34. The van der Waals surface area contributed by atoms with E-state index in [4.69, 9.17) is 14.8 Å². The molecule has 2 atom stereocenters. The van der Waals surface area contributed by atoms with Crippen LogP contribution in [0.25, 0.3) is 0 Å². The number of aryl methyl sites for hydroxylation is 2. The van der Waals surface area contributed by atoms with Gasteiger partial charge in [-0.05, 0) is 101 Å². The summed E-state index contributed by atoms with van der Waals surface area (Å²) in [4.78, 5) is 45.9. The van der Waals surface area contributed by atoms with E-state index in [1.54, 1.807) is 12.1 Å². The largest absolute Gasteiger partial charge is 0.506 e. The number of nitrogens with one attached hydrogen (secondary N) is 1. The van der Waals surface area contributed by atoms with Crippen molar-refractivity contribution in [3.8, 4) is 11.5 Å². The Labute approximate surface area is 331 Å². The quantitative estimate of drug-likeness (QED) is 0.193. The fourth-order valence-corrected chi connectivity index (χ4v) is 7.38. The predicted molar refractivity (Wildman–Crippen MR) is 212 cm³/mol. The van der Waals surface area contributed by atoms with Crippen molar-refractivity contribution in [2.24, 2.45) is 0 Å². The molecule has 4 aliphatic heterocycles. The van der Waals surface area contributed by atoms with Crippen LogP contribution in [-0.4, -0.2) is 97.3 Å². The highest BCUT2D eigenvalue weighted by Crippen LogP contribution is 2.30. The van der Waals surface area contributed by atoms with Crippen LogP contribution >= 0.6 is 15.9 Å². The summed E-state index contributed by atoms with van der Waals surface area (Å²) in [6, 6.07) is 23.3. The molecule has 0 aliphatic carbocycles. The molecule has 2 aromatic carbocycles. The first kappa shape index (κ1) is 40.3. The highest BCUT2D eigenvalue weighted by Gasteiger charge is 2.39. The Bertz CT molecular complexity index is 1820. The Kier molecular flexibility index (Phi) is 14.2. The van der Waals surface area contributed by atoms with Gasteiger partial charge in [-0.1, -0.05) is 75.6 Å². The van der Waals surface area contributed by atoms with Crippen LogP contribution in [0.15, 0.2) is 85.2 Å². The topological polar surface area (TPSA) is 141 Å². The zero-order valence-electron chi connectivity index (χ0n) is 31.5. The lowest BCUT2D eigenvalue weighted by atomic mass is 9.92. The average molecular weight is 816 g/mol. The molecule has 12 nitrogen and oxygen atoms in total. The second-order valence-electron chi connectivity index (χ2n) is 14.5. The van der Waals surface area contributed by atoms with E-state index in [2.05, 4.69) is 55.2 Å². The van der Waals surface area contributed by atoms with Gasteiger partial charge >= 0.3 is 0 Å². The molecular formula is C42H51BrN6O6. The first-order valence-corrected chi connectivity index (χ1v) is 19.9. The van der Waals surface area contributed by atoms with Gasteiger partial charge in [-0.2, -0.15) is 0 Å². The Hall–Kier alpha value is -4.40. The second kappa shape index (κ2) is 19.5. The zero-order valence-corrected chi connectivity index (χ0v) is 33.1. The third-order valence-corrected chi connectivity index (χ3v) is 11.0. The monoisotopic (exact) mass is 814 g/mol. The number of hydrogen-bond donors (Lipinski definition) is 3. The van der Waals surface area contributed by atoms with Crippen molar-refractivity contribution in [2.45, 2.75) is 75.3 Å². The summed E-state index contributed by atoms with van der Waals surface area (Å²) in [5.41, 5.74) is 6.70. The van der Waals surface area contributed by atoms with Gasteiger partial charge < -0.3 is 15.5 Å². The Morgan fingerprint density at radius 1 is 0.673 bits per heavy atom. The number of hydrogen-bond acceptors (Lipinski definition) is 10. The molecule has 3 N–H and O–H groups in total. The molecule has 2 amide bonds. The predicted octanol–water partition coefficient (Wildman–Crippen LogP) is 5.90. The molecule has 0 saturated carbocycles. The molecule has 0 spiro atoms. The van der Waals surface area contributed by atoms with Gasteiger partial charge in [-0.25, -0.2) is 10.1 Å². The van der Waals surface area contributed by atoms with Gasteiger partial charge in [0.2, 0.25) is 0 Å². The van der Waals surface area contributed by atoms with Crippen LogP contribution in [-0.2, 0) is 32.4 Å². The van der Waals surface area contributed by atoms with Gasteiger partial charge in [0.25, 0.3) is 11.8 Å². The van der Waals surface area contributed by atoms with Crippen LogP contribution in [0.5, 0.6) is 11.5 Å². The fraction of sp³-hybridized carbons (Fsp3) is 0.429. The molecule has 0 bridgehead atoms. The van der Waals surface area contributed by atoms with Gasteiger partial charge in [0, 0.05) is 23.2 Å². The lowest BCUT2D eigenvalue weighted by molar-refractivity contribution is -0.165. The van der Waals surface area contributed by atoms with Crippen molar-refractivity contribution < 1.29 is 29.5 Å². The number of pyridine rings is 2. The number of carbonyl (C=O) groups is 2. The lowest BCUT2D eigenvalue weighted by Crippen LogP contribution is -2.46. The maximum Gasteiger partial charge on any atom is 0.266 e. The molecule has 2 aromatic heterocycles. The van der Waals surface area contributed by atoms with Crippen molar-refractivity contribution in [1.29, 1.82) is 0 Å². The standard InChI is InChI=1S/C21H25N3O3.C11H12BrNO2.C10H14N2O/c1-15-2-4-16(5-3-15)13-24-21(26)20(14-27-24)23-10-8-17(9-11-23)19-7-6-18(25)12-22-19;1-8-2-4-9(5-3-8)6-13-11(14)10(12)7-15-13;13-9-1-2-10(12-7-9)8-3-5-11-6-4-8/h2-7,12,17,20,25H,8-11,13-14H2,1H3;2-5,10H,6-7H2,1H3;1-2,7-8,11,13H,3-6H2. The highest BCUT2D eigenvalue weighted by molar-refractivity contribution is 9.10. The van der Waals surface area contributed by atoms with E-state index in [0.717, 1.165) is 74.4 Å². The molecule has 55 heavy (non-hydrogen) atoms. The minimum Gasteiger partial charge on any atom is -0.506 e. The summed E-state index contributed by atoms with van der Waals surface area (Å²) in [6.07, 6.45) is 7.24. The maximum atomic E-state index is 12.8. The van der Waals surface area contributed by atoms with Crippen LogP contribution in [0.2, 0.25) is 0 Å². The number of halogens is 1. The SMILES string of the molecule is Cc1ccc(CN2OCC(Br)C2=O)cc1.Cc1ccc(CN2OCC(N3CCC(c4ccc(O)cn4)CC3)C2=O)cc1.Oc1ccc(C2CCNCC2)nc1. The smallest absolute Gasteiger partial charge is 0.266 e. The number of benzene rings is 2. The first-order chi connectivity index (χ1) is 26.6. The van der Waals surface area contributed by atoms with Gasteiger partial charge in [0.05, 0.1) is 38.7 Å². The summed E-state index contributed by atoms with van der Waals surface area (Å²) in [5, 5.41) is 24.7. The number of likely N-dealkylation sites (tertiary alicyclic amines) is 1. The number of carbonyl (C=O) groups excluding carboxylic acids is 2. The summed E-state index contributed by atoms with van der Waals surface area (Å²) in [7, 11) is 0. The van der Waals surface area contributed by atoms with E-state index in [9.17, 15) is 14.7 Å². The Morgan fingerprint density at radius 2 is 1.15 bits per heavy atom. The highest BCUT2D eigenvalue weighted by atomic mass is 79.9. The number of nitrogens with zero attached hydrogens (tertiary/aromatic N) is 5. The molecule has 4 saturated heterocycles. The molecule has 6 heterocycles. The summed E-state index contributed by atoms with van der Waals surface area (Å²) < 4.78 is 0. The van der Waals surface area contributed by atoms with Crippen molar-refractivity contribution in [3.63, 3.8) is 0 Å². The first-order valence-electron chi connectivity index (χ1n) is 19.0. The van der Waals surface area contributed by atoms with Crippen molar-refractivity contribution in [1.82, 2.24) is 30.3 Å². The fourth-order valence-electron chi connectivity index (χ4n) is 7.04. The van der Waals surface area contributed by atoms with Crippen molar-refractivity contribution >= 4 is 27.7 Å². The number of rotatable bonds is 7. The van der Waals surface area contributed by atoms with Crippen LogP contribution in [0, 0.1) is 13.8 Å². The normalized spacial score (nSPS) is 20.9. The average Bonchev–Trinajstić information content (AvgIpc) is 3.73. The molecule has 13 heteroatoms. The van der Waals surface area contributed by atoms with Crippen LogP contribution in [0.4, 0.5) is 0 Å². The summed E-state index contributed by atoms with van der Waals surface area (Å²) in [5.74, 6) is 1.44. The van der Waals surface area contributed by atoms with Crippen molar-refractivity contribution in [2.75, 3.05) is 39.4 Å². The zero-order chi connectivity index (χ0) is 38.7. The molecule has 4 aliphatic rings. The Morgan fingerprint density at radius 3 is 1.60 bits per heavy atom. The molecule has 2 unspecified atom stereocenters. The molecule has 4 aromatic rings. The van der Waals surface area contributed by atoms with E-state index in [0.29, 0.717) is 38.1 Å². The van der Waals surface area contributed by atoms with E-state index in [1.165, 1.54) is 33.6 Å². The second-order valence-corrected chi connectivity index (χ2v) is 15.6. The number of aromatic hydroxyl groups is 2. The van der Waals surface area contributed by atoms with Crippen LogP contribution < -0.4 is 5.32 Å². The number of hydroxylamine groups is 4. The molecule has 4 fully saturated rings. The van der Waals surface area contributed by atoms with Gasteiger partial charge in [-0.15, -0.1) is 0 Å². The van der Waals surface area contributed by atoms with Crippen LogP contribution in [0.1, 0.15) is 71.2 Å². The number of piperidine rings is 2. The molecular weight excluding hydrogens is 764 g/mol. The third kappa shape index (κ3) is 11.3. The minimum atomic E-state index is -0.192. The number of amides is 2. The van der Waals surface area contributed by atoms with Crippen LogP contribution in [0.3, 0.4) is 0 Å². The van der Waals surface area contributed by atoms with E-state index in [1.807, 2.05) is 55.5 Å². The van der Waals surface area contributed by atoms with E-state index < -0.39 is 0 Å². The summed E-state index contributed by atoms with van der Waals surface area (Å²) >= 11 is 3.25. The van der Waals surface area contributed by atoms with Gasteiger partial charge in [0.1, 0.15) is 22.4 Å². The van der Waals surface area contributed by atoms with E-state index >= 15 is 0 Å². The third-order valence-electron chi connectivity index (χ3n) is 10.4. The summed E-state index contributed by atoms with van der Waals surface area (Å²) in [6.45, 7) is 9.80. The van der Waals surface area contributed by atoms with Gasteiger partial charge in [0.15, 0.2) is 0 Å². The minimum absolute atomic E-state index is 0.00410. The van der Waals surface area contributed by atoms with E-state index in [-0.39, 0.29) is 34.2 Å². The number of alkyl halides is 1. The Balaban J connectivity index is 0.000000155. The molecule has 0 radical (unpaired) electrons. The molecule has 8 rings (SSSR count). The van der Waals surface area contributed by atoms with Crippen molar-refractivity contribution in [3.05, 3.63) is 119 Å². The maximum absolute atomic E-state index is 12.8. The number of aromatic nitrogens is 2. The molecule has 292 valence electrons. The van der Waals surface area contributed by atoms with Gasteiger partial charge in [-0.3, -0.25) is 34.1 Å².